The van der Waals surface area contributed by atoms with Crippen molar-refractivity contribution < 1.29 is 18.9 Å². The zero-order valence-corrected chi connectivity index (χ0v) is 11.4. The fraction of sp³-hybridized carbons (Fsp3) is 0.500. The minimum atomic E-state index is -0.0199. The molecule has 2 aliphatic heterocycles. The SMILES string of the molecule is C=CCO[C@H]1CO[C@H]2[C@@H]1OC[C@H]2OCc1ccccc1. The summed E-state index contributed by atoms with van der Waals surface area (Å²) in [5, 5.41) is 0. The Morgan fingerprint density at radius 3 is 2.35 bits per heavy atom. The fourth-order valence-corrected chi connectivity index (χ4v) is 2.68. The zero-order chi connectivity index (χ0) is 13.8. The van der Waals surface area contributed by atoms with E-state index in [0.717, 1.165) is 5.56 Å². The van der Waals surface area contributed by atoms with Gasteiger partial charge in [-0.2, -0.15) is 0 Å². The van der Waals surface area contributed by atoms with E-state index in [1.165, 1.54) is 0 Å². The van der Waals surface area contributed by atoms with Crippen LogP contribution in [-0.2, 0) is 25.6 Å². The minimum Gasteiger partial charge on any atom is -0.370 e. The Morgan fingerprint density at radius 2 is 1.70 bits per heavy atom. The number of rotatable bonds is 6. The molecule has 1 aromatic carbocycles. The van der Waals surface area contributed by atoms with Gasteiger partial charge in [0.15, 0.2) is 0 Å². The molecular formula is C16H20O4. The van der Waals surface area contributed by atoms with E-state index in [-0.39, 0.29) is 24.4 Å². The van der Waals surface area contributed by atoms with Gasteiger partial charge in [0, 0.05) is 0 Å². The lowest BCUT2D eigenvalue weighted by molar-refractivity contribution is -0.0510. The van der Waals surface area contributed by atoms with Crippen LogP contribution in [0.2, 0.25) is 0 Å². The van der Waals surface area contributed by atoms with E-state index in [2.05, 4.69) is 18.7 Å². The Kier molecular flexibility index (Phi) is 4.47. The third-order valence-electron chi connectivity index (χ3n) is 3.70. The lowest BCUT2D eigenvalue weighted by Crippen LogP contribution is -2.34. The monoisotopic (exact) mass is 276 g/mol. The van der Waals surface area contributed by atoms with Crippen molar-refractivity contribution in [3.8, 4) is 0 Å². The van der Waals surface area contributed by atoms with Crippen LogP contribution in [0, 0.1) is 0 Å². The van der Waals surface area contributed by atoms with E-state index >= 15 is 0 Å². The third-order valence-corrected chi connectivity index (χ3v) is 3.70. The van der Waals surface area contributed by atoms with Gasteiger partial charge >= 0.3 is 0 Å². The first-order chi connectivity index (χ1) is 9.88. The largest absolute Gasteiger partial charge is 0.370 e. The molecule has 0 bridgehead atoms. The van der Waals surface area contributed by atoms with Gasteiger partial charge in [0.2, 0.25) is 0 Å². The summed E-state index contributed by atoms with van der Waals surface area (Å²) in [6, 6.07) is 10.1. The molecule has 0 unspecified atom stereocenters. The molecule has 108 valence electrons. The average Bonchev–Trinajstić information content (AvgIpc) is 3.06. The molecule has 4 nitrogen and oxygen atoms in total. The van der Waals surface area contributed by atoms with Crippen LogP contribution in [0.25, 0.3) is 0 Å². The highest BCUT2D eigenvalue weighted by molar-refractivity contribution is 5.13. The second-order valence-corrected chi connectivity index (χ2v) is 5.09. The van der Waals surface area contributed by atoms with E-state index in [9.17, 15) is 0 Å². The number of benzene rings is 1. The molecule has 2 aliphatic rings. The normalized spacial score (nSPS) is 32.2. The summed E-state index contributed by atoms with van der Waals surface area (Å²) in [6.45, 7) is 5.89. The molecule has 3 rings (SSSR count). The van der Waals surface area contributed by atoms with E-state index < -0.39 is 0 Å². The maximum absolute atomic E-state index is 5.93. The Balaban J connectivity index is 1.52. The Morgan fingerprint density at radius 1 is 1.05 bits per heavy atom. The summed E-state index contributed by atoms with van der Waals surface area (Å²) >= 11 is 0. The summed E-state index contributed by atoms with van der Waals surface area (Å²) in [4.78, 5) is 0. The molecule has 2 heterocycles. The maximum atomic E-state index is 5.93. The Hall–Kier alpha value is -1.20. The number of fused-ring (bicyclic) bond motifs is 1. The van der Waals surface area contributed by atoms with Gasteiger partial charge in [-0.3, -0.25) is 0 Å². The van der Waals surface area contributed by atoms with E-state index in [4.69, 9.17) is 18.9 Å². The molecular weight excluding hydrogens is 256 g/mol. The van der Waals surface area contributed by atoms with Gasteiger partial charge in [0.25, 0.3) is 0 Å². The molecule has 20 heavy (non-hydrogen) atoms. The van der Waals surface area contributed by atoms with Crippen molar-refractivity contribution in [1.82, 2.24) is 0 Å². The van der Waals surface area contributed by atoms with Crippen LogP contribution in [0.5, 0.6) is 0 Å². The average molecular weight is 276 g/mol. The number of hydrogen-bond donors (Lipinski definition) is 0. The molecule has 2 fully saturated rings. The molecule has 2 saturated heterocycles. The van der Waals surface area contributed by atoms with Crippen molar-refractivity contribution in [3.63, 3.8) is 0 Å². The summed E-state index contributed by atoms with van der Waals surface area (Å²) in [7, 11) is 0. The van der Waals surface area contributed by atoms with Crippen molar-refractivity contribution >= 4 is 0 Å². The second kappa shape index (κ2) is 6.50. The topological polar surface area (TPSA) is 36.9 Å². The summed E-state index contributed by atoms with van der Waals surface area (Å²) < 4.78 is 23.1. The van der Waals surface area contributed by atoms with E-state index in [1.54, 1.807) is 6.08 Å². The lowest BCUT2D eigenvalue weighted by atomic mass is 10.1. The highest BCUT2D eigenvalue weighted by Gasteiger charge is 2.48. The smallest absolute Gasteiger partial charge is 0.115 e. The predicted molar refractivity (Wildman–Crippen MR) is 74.4 cm³/mol. The standard InChI is InChI=1S/C16H20O4/c1-2-8-17-13-10-19-16-14(11-20-15(13)16)18-9-12-6-4-3-5-7-12/h2-7,13-16H,1,8-11H2/t13-,14+,15+,16+/m0/s1. The van der Waals surface area contributed by atoms with Gasteiger partial charge in [-0.15, -0.1) is 6.58 Å². The quantitative estimate of drug-likeness (QED) is 0.744. The van der Waals surface area contributed by atoms with Crippen LogP contribution in [0.15, 0.2) is 43.0 Å². The molecule has 0 N–H and O–H groups in total. The van der Waals surface area contributed by atoms with Gasteiger partial charge in [0.1, 0.15) is 24.4 Å². The van der Waals surface area contributed by atoms with Gasteiger partial charge in [0.05, 0.1) is 26.4 Å². The van der Waals surface area contributed by atoms with Crippen LogP contribution in [0.4, 0.5) is 0 Å². The lowest BCUT2D eigenvalue weighted by Gasteiger charge is -2.17. The fourth-order valence-electron chi connectivity index (χ4n) is 2.68. The van der Waals surface area contributed by atoms with E-state index in [0.29, 0.717) is 26.4 Å². The van der Waals surface area contributed by atoms with Crippen molar-refractivity contribution in [1.29, 1.82) is 0 Å². The van der Waals surface area contributed by atoms with Gasteiger partial charge in [-0.05, 0) is 5.56 Å². The van der Waals surface area contributed by atoms with Gasteiger partial charge in [-0.1, -0.05) is 36.4 Å². The second-order valence-electron chi connectivity index (χ2n) is 5.09. The minimum absolute atomic E-state index is 0.0108. The Labute approximate surface area is 119 Å². The first-order valence-corrected chi connectivity index (χ1v) is 6.99. The molecule has 4 heteroatoms. The molecule has 0 amide bonds. The first kappa shape index (κ1) is 13.8. The van der Waals surface area contributed by atoms with Crippen LogP contribution >= 0.6 is 0 Å². The van der Waals surface area contributed by atoms with Crippen LogP contribution in [0.1, 0.15) is 5.56 Å². The zero-order valence-electron chi connectivity index (χ0n) is 11.4. The van der Waals surface area contributed by atoms with Crippen molar-refractivity contribution in [3.05, 3.63) is 48.6 Å². The predicted octanol–water partition coefficient (Wildman–Crippen LogP) is 1.94. The molecule has 1 aromatic rings. The highest BCUT2D eigenvalue weighted by atomic mass is 16.6. The molecule has 0 aromatic heterocycles. The van der Waals surface area contributed by atoms with Crippen LogP contribution in [-0.4, -0.2) is 44.2 Å². The number of hydrogen-bond acceptors (Lipinski definition) is 4. The van der Waals surface area contributed by atoms with Crippen molar-refractivity contribution in [2.75, 3.05) is 19.8 Å². The van der Waals surface area contributed by atoms with E-state index in [1.807, 2.05) is 18.2 Å². The summed E-state index contributed by atoms with van der Waals surface area (Å²) in [5.74, 6) is 0. The number of ether oxygens (including phenoxy) is 4. The van der Waals surface area contributed by atoms with Crippen LogP contribution < -0.4 is 0 Å². The summed E-state index contributed by atoms with van der Waals surface area (Å²) in [5.41, 5.74) is 1.16. The third kappa shape index (κ3) is 2.94. The van der Waals surface area contributed by atoms with Gasteiger partial charge < -0.3 is 18.9 Å². The molecule has 0 radical (unpaired) electrons. The molecule has 0 saturated carbocycles. The molecule has 0 spiro atoms. The Bertz CT molecular complexity index is 433. The van der Waals surface area contributed by atoms with Crippen molar-refractivity contribution in [2.45, 2.75) is 31.0 Å². The van der Waals surface area contributed by atoms with Gasteiger partial charge in [-0.25, -0.2) is 0 Å². The first-order valence-electron chi connectivity index (χ1n) is 6.99. The van der Waals surface area contributed by atoms with Crippen LogP contribution in [0.3, 0.4) is 0 Å². The summed E-state index contributed by atoms with van der Waals surface area (Å²) in [6.07, 6.45) is 1.68. The molecule has 0 aliphatic carbocycles. The highest BCUT2D eigenvalue weighted by Crippen LogP contribution is 2.30. The molecule has 4 atom stereocenters. The van der Waals surface area contributed by atoms with Crippen molar-refractivity contribution in [2.24, 2.45) is 0 Å². The maximum Gasteiger partial charge on any atom is 0.115 e.